The van der Waals surface area contributed by atoms with Crippen molar-refractivity contribution in [1.29, 1.82) is 0 Å². The van der Waals surface area contributed by atoms with Crippen LogP contribution in [0.3, 0.4) is 0 Å². The molecule has 1 aromatic carbocycles. The number of carbonyl (C=O) groups is 2. The first kappa shape index (κ1) is 27.9. The Balaban J connectivity index is 1.85. The average Bonchev–Trinajstić information content (AvgIpc) is 3.12. The number of hydrogen-bond acceptors (Lipinski definition) is 5. The monoisotopic (exact) mass is 510 g/mol. The van der Waals surface area contributed by atoms with Crippen LogP contribution in [0.5, 0.6) is 0 Å². The Bertz CT molecular complexity index is 1010. The van der Waals surface area contributed by atoms with Crippen molar-refractivity contribution in [3.63, 3.8) is 0 Å². The average molecular weight is 511 g/mol. The van der Waals surface area contributed by atoms with E-state index in [4.69, 9.17) is 9.47 Å². The molecule has 2 heterocycles. The van der Waals surface area contributed by atoms with Gasteiger partial charge in [0.15, 0.2) is 0 Å². The van der Waals surface area contributed by atoms with Gasteiger partial charge in [0, 0.05) is 24.3 Å². The lowest BCUT2D eigenvalue weighted by Gasteiger charge is -2.35. The number of benzene rings is 1. The number of hydrogen-bond donors (Lipinski definition) is 0. The van der Waals surface area contributed by atoms with Gasteiger partial charge in [0.1, 0.15) is 11.2 Å². The normalized spacial score (nSPS) is 19.8. The van der Waals surface area contributed by atoms with E-state index >= 15 is 0 Å². The van der Waals surface area contributed by atoms with Crippen LogP contribution in [0, 0.1) is 5.92 Å². The fraction of sp³-hybridized carbons (Fsp3) is 0.630. The number of carbonyl (C=O) groups excluding carboxylic acids is 2. The van der Waals surface area contributed by atoms with Crippen LogP contribution >= 0.6 is 0 Å². The Hall–Kier alpha value is -2.71. The van der Waals surface area contributed by atoms with E-state index in [2.05, 4.69) is 0 Å². The van der Waals surface area contributed by atoms with Gasteiger partial charge in [-0.1, -0.05) is 12.1 Å². The summed E-state index contributed by atoms with van der Waals surface area (Å²) in [5.74, 6) is -0.560. The summed E-state index contributed by atoms with van der Waals surface area (Å²) in [6.07, 6.45) is -2.08. The lowest BCUT2D eigenvalue weighted by atomic mass is 9.94. The highest BCUT2D eigenvalue weighted by Gasteiger charge is 2.36. The van der Waals surface area contributed by atoms with Crippen LogP contribution in [0.15, 0.2) is 24.3 Å². The molecule has 1 amide bonds. The Morgan fingerprint density at radius 3 is 2.06 bits per heavy atom. The number of anilines is 1. The number of nitrogens with zero attached hydrogens (tertiary/aromatic N) is 2. The fourth-order valence-electron chi connectivity index (χ4n) is 4.47. The van der Waals surface area contributed by atoms with Crippen LogP contribution in [0.2, 0.25) is 0 Å². The quantitative estimate of drug-likeness (QED) is 0.448. The molecule has 0 unspecified atom stereocenters. The van der Waals surface area contributed by atoms with Crippen LogP contribution in [-0.4, -0.2) is 53.8 Å². The van der Waals surface area contributed by atoms with Crippen molar-refractivity contribution in [2.75, 3.05) is 24.5 Å². The van der Waals surface area contributed by atoms with E-state index in [0.29, 0.717) is 37.2 Å². The molecule has 200 valence electrons. The summed E-state index contributed by atoms with van der Waals surface area (Å²) in [5, 5.41) is 0. The van der Waals surface area contributed by atoms with Crippen LogP contribution in [0.25, 0.3) is 5.57 Å². The fourth-order valence-corrected chi connectivity index (χ4v) is 4.47. The Labute approximate surface area is 211 Å². The van der Waals surface area contributed by atoms with Gasteiger partial charge in [0.2, 0.25) is 0 Å². The maximum Gasteiger partial charge on any atom is 0.416 e. The van der Waals surface area contributed by atoms with E-state index < -0.39 is 29.0 Å². The van der Waals surface area contributed by atoms with Crippen molar-refractivity contribution in [3.8, 4) is 0 Å². The van der Waals surface area contributed by atoms with Crippen molar-refractivity contribution in [2.24, 2.45) is 5.92 Å². The second kappa shape index (κ2) is 9.98. The van der Waals surface area contributed by atoms with Crippen molar-refractivity contribution >= 4 is 23.3 Å². The first-order chi connectivity index (χ1) is 16.4. The number of ether oxygens (including phenoxy) is 2. The molecule has 6 nitrogen and oxygen atoms in total. The van der Waals surface area contributed by atoms with Crippen LogP contribution < -0.4 is 4.90 Å². The number of rotatable bonds is 3. The largest absolute Gasteiger partial charge is 0.460 e. The summed E-state index contributed by atoms with van der Waals surface area (Å²) >= 11 is 0. The molecule has 36 heavy (non-hydrogen) atoms. The number of alkyl halides is 3. The molecule has 0 aromatic heterocycles. The zero-order chi connectivity index (χ0) is 27.1. The summed E-state index contributed by atoms with van der Waals surface area (Å²) in [6.45, 7) is 13.7. The first-order valence-corrected chi connectivity index (χ1v) is 12.3. The Morgan fingerprint density at radius 1 is 0.944 bits per heavy atom. The molecule has 1 saturated heterocycles. The highest BCUT2D eigenvalue weighted by Crippen LogP contribution is 2.39. The minimum absolute atomic E-state index is 0.239. The predicted molar refractivity (Wildman–Crippen MR) is 133 cm³/mol. The van der Waals surface area contributed by atoms with Gasteiger partial charge in [-0.3, -0.25) is 9.69 Å². The predicted octanol–water partition coefficient (Wildman–Crippen LogP) is 6.29. The van der Waals surface area contributed by atoms with Gasteiger partial charge in [0.05, 0.1) is 24.1 Å². The topological polar surface area (TPSA) is 59.1 Å². The molecule has 0 saturated carbocycles. The summed E-state index contributed by atoms with van der Waals surface area (Å²) in [7, 11) is 0. The second-order valence-corrected chi connectivity index (χ2v) is 11.6. The maximum atomic E-state index is 13.6. The molecular formula is C27H37F3N2O4. The van der Waals surface area contributed by atoms with Gasteiger partial charge in [-0.15, -0.1) is 0 Å². The Kier molecular flexibility index (Phi) is 7.72. The third-order valence-corrected chi connectivity index (χ3v) is 6.15. The molecule has 9 heteroatoms. The number of esters is 1. The smallest absolute Gasteiger partial charge is 0.416 e. The third-order valence-electron chi connectivity index (χ3n) is 6.15. The van der Waals surface area contributed by atoms with Crippen LogP contribution in [0.4, 0.5) is 23.7 Å². The third kappa shape index (κ3) is 6.95. The lowest BCUT2D eigenvalue weighted by Crippen LogP contribution is -2.40. The first-order valence-electron chi connectivity index (χ1n) is 12.3. The van der Waals surface area contributed by atoms with E-state index in [1.54, 1.807) is 25.7 Å². The molecule has 0 radical (unpaired) electrons. The minimum Gasteiger partial charge on any atom is -0.460 e. The van der Waals surface area contributed by atoms with Crippen molar-refractivity contribution in [2.45, 2.75) is 84.7 Å². The van der Waals surface area contributed by atoms with Gasteiger partial charge < -0.3 is 14.4 Å². The molecule has 0 spiro atoms. The maximum absolute atomic E-state index is 13.6. The minimum atomic E-state index is -4.48. The summed E-state index contributed by atoms with van der Waals surface area (Å²) < 4.78 is 51.8. The van der Waals surface area contributed by atoms with E-state index in [9.17, 15) is 22.8 Å². The van der Waals surface area contributed by atoms with Gasteiger partial charge in [0.25, 0.3) is 0 Å². The molecule has 2 aliphatic heterocycles. The SMILES string of the molecule is C[C@@H]1C=C(c2ccc(C(F)(F)F)cc2N2CCC(C(=O)OC(C)(C)C)CC2)CN1C(=O)OC(C)(C)C. The van der Waals surface area contributed by atoms with E-state index in [1.807, 2.05) is 38.7 Å². The standard InChI is InChI=1S/C27H37F3N2O4/c1-17-14-19(16-32(17)24(34)36-26(5,6)7)21-9-8-20(27(28,29)30)15-22(21)31-12-10-18(11-13-31)23(33)35-25(2,3)4/h8-9,14-15,17-18H,10-13,16H2,1-7H3/t17-/m1/s1. The zero-order valence-corrected chi connectivity index (χ0v) is 22.2. The van der Waals surface area contributed by atoms with Crippen molar-refractivity contribution in [1.82, 2.24) is 4.90 Å². The molecule has 1 fully saturated rings. The highest BCUT2D eigenvalue weighted by molar-refractivity contribution is 5.84. The zero-order valence-electron chi connectivity index (χ0n) is 22.2. The van der Waals surface area contributed by atoms with E-state index in [0.717, 1.165) is 11.6 Å². The number of amides is 1. The second-order valence-electron chi connectivity index (χ2n) is 11.6. The van der Waals surface area contributed by atoms with Gasteiger partial charge in [-0.25, -0.2) is 4.79 Å². The number of halogens is 3. The molecule has 1 atom stereocenters. The van der Waals surface area contributed by atoms with E-state index in [1.165, 1.54) is 12.1 Å². The molecule has 0 aliphatic carbocycles. The van der Waals surface area contributed by atoms with Crippen LogP contribution in [0.1, 0.15) is 72.4 Å². The van der Waals surface area contributed by atoms with Crippen molar-refractivity contribution in [3.05, 3.63) is 35.4 Å². The van der Waals surface area contributed by atoms with Gasteiger partial charge in [-0.05, 0) is 79.0 Å². The molecule has 2 aliphatic rings. The number of piperidine rings is 1. The van der Waals surface area contributed by atoms with E-state index in [-0.39, 0.29) is 24.5 Å². The summed E-state index contributed by atoms with van der Waals surface area (Å²) in [5.41, 5.74) is -0.0999. The highest BCUT2D eigenvalue weighted by atomic mass is 19.4. The Morgan fingerprint density at radius 2 is 1.53 bits per heavy atom. The van der Waals surface area contributed by atoms with Crippen molar-refractivity contribution < 1.29 is 32.2 Å². The summed E-state index contributed by atoms with van der Waals surface area (Å²) in [6, 6.07) is 3.47. The molecule has 0 N–H and O–H groups in total. The van der Waals surface area contributed by atoms with Crippen LogP contribution in [-0.2, 0) is 20.4 Å². The van der Waals surface area contributed by atoms with Gasteiger partial charge >= 0.3 is 18.2 Å². The summed E-state index contributed by atoms with van der Waals surface area (Å²) in [4.78, 5) is 28.7. The molecule has 1 aromatic rings. The van der Waals surface area contributed by atoms with Gasteiger partial charge in [-0.2, -0.15) is 13.2 Å². The molecule has 3 rings (SSSR count). The lowest BCUT2D eigenvalue weighted by molar-refractivity contribution is -0.160. The molecular weight excluding hydrogens is 473 g/mol. The molecule has 0 bridgehead atoms.